The molecule has 0 aliphatic carbocycles. The number of piperazine rings is 1. The van der Waals surface area contributed by atoms with Crippen LogP contribution in [0.1, 0.15) is 40.7 Å². The summed E-state index contributed by atoms with van der Waals surface area (Å²) in [6.45, 7) is 8.92. The Morgan fingerprint density at radius 2 is 1.95 bits per heavy atom. The second-order valence-corrected chi connectivity index (χ2v) is 10.9. The molecule has 194 valence electrons. The number of benzene rings is 1. The van der Waals surface area contributed by atoms with Crippen molar-refractivity contribution in [1.29, 1.82) is 0 Å². The molecule has 0 saturated carbocycles. The molecule has 0 atom stereocenters. The third kappa shape index (κ3) is 5.07. The van der Waals surface area contributed by atoms with E-state index in [1.807, 2.05) is 31.0 Å². The lowest BCUT2D eigenvalue weighted by Gasteiger charge is -2.34. The molecule has 1 saturated heterocycles. The smallest absolute Gasteiger partial charge is 0.257 e. The summed E-state index contributed by atoms with van der Waals surface area (Å²) in [6.07, 6.45) is 1.61. The summed E-state index contributed by atoms with van der Waals surface area (Å²) in [5, 5.41) is 19.0. The van der Waals surface area contributed by atoms with E-state index in [9.17, 15) is 9.90 Å². The average molecular weight is 522 g/mol. The maximum absolute atomic E-state index is 13.7. The first-order valence-corrected chi connectivity index (χ1v) is 13.1. The van der Waals surface area contributed by atoms with Crippen molar-refractivity contribution < 1.29 is 14.6 Å². The first-order valence-electron chi connectivity index (χ1n) is 12.2. The van der Waals surface area contributed by atoms with Crippen LogP contribution in [0.3, 0.4) is 0 Å². The fourth-order valence-electron chi connectivity index (χ4n) is 4.58. The number of aromatic nitrogens is 5. The predicted molar refractivity (Wildman–Crippen MR) is 142 cm³/mol. The second kappa shape index (κ2) is 9.81. The van der Waals surface area contributed by atoms with Crippen molar-refractivity contribution in [3.05, 3.63) is 51.9 Å². The molecule has 0 spiro atoms. The van der Waals surface area contributed by atoms with Gasteiger partial charge >= 0.3 is 0 Å². The number of fused-ring (bicyclic) bond motifs is 1. The maximum Gasteiger partial charge on any atom is 0.257 e. The molecular weight excluding hydrogens is 490 g/mol. The second-order valence-electron chi connectivity index (χ2n) is 9.79. The molecule has 0 bridgehead atoms. The third-order valence-electron chi connectivity index (χ3n) is 6.56. The summed E-state index contributed by atoms with van der Waals surface area (Å²) in [5.41, 5.74) is 2.39. The molecule has 4 heterocycles. The number of carbonyl (C=O) groups excluding carboxylic acids is 1. The van der Waals surface area contributed by atoms with Crippen LogP contribution in [0.2, 0.25) is 0 Å². The summed E-state index contributed by atoms with van der Waals surface area (Å²) < 4.78 is 7.38. The molecular formula is C26H31N7O3S. The highest BCUT2D eigenvalue weighted by molar-refractivity contribution is 7.09. The van der Waals surface area contributed by atoms with E-state index in [1.54, 1.807) is 49.2 Å². The molecule has 5 rings (SSSR count). The van der Waals surface area contributed by atoms with Crippen LogP contribution in [0.25, 0.3) is 22.3 Å². The van der Waals surface area contributed by atoms with Gasteiger partial charge in [-0.3, -0.25) is 14.4 Å². The molecule has 1 fully saturated rings. The molecule has 4 aromatic rings. The van der Waals surface area contributed by atoms with Crippen molar-refractivity contribution in [2.24, 2.45) is 7.05 Å². The van der Waals surface area contributed by atoms with E-state index in [1.165, 1.54) is 0 Å². The van der Waals surface area contributed by atoms with E-state index in [0.29, 0.717) is 41.6 Å². The Balaban J connectivity index is 1.43. The molecule has 0 radical (unpaired) electrons. The highest BCUT2D eigenvalue weighted by Crippen LogP contribution is 2.33. The van der Waals surface area contributed by atoms with Crippen molar-refractivity contribution in [2.75, 3.05) is 33.3 Å². The Bertz CT molecular complexity index is 1450. The van der Waals surface area contributed by atoms with Gasteiger partial charge in [0.15, 0.2) is 5.82 Å². The minimum atomic E-state index is -1.19. The lowest BCUT2D eigenvalue weighted by Crippen LogP contribution is -2.48. The zero-order chi connectivity index (χ0) is 26.3. The minimum Gasteiger partial charge on any atom is -0.496 e. The zero-order valence-electron chi connectivity index (χ0n) is 21.7. The van der Waals surface area contributed by atoms with Crippen LogP contribution in [0.15, 0.2) is 29.8 Å². The van der Waals surface area contributed by atoms with Gasteiger partial charge in [0, 0.05) is 62.8 Å². The quantitative estimate of drug-likeness (QED) is 0.413. The number of nitrogens with zero attached hydrogens (tertiary/aromatic N) is 7. The Morgan fingerprint density at radius 1 is 1.19 bits per heavy atom. The van der Waals surface area contributed by atoms with Crippen LogP contribution in [0.5, 0.6) is 5.75 Å². The fraction of sp³-hybridized carbons (Fsp3) is 0.423. The van der Waals surface area contributed by atoms with Crippen molar-refractivity contribution in [2.45, 2.75) is 32.9 Å². The van der Waals surface area contributed by atoms with E-state index >= 15 is 0 Å². The number of aryl methyl sites for hydroxylation is 2. The van der Waals surface area contributed by atoms with Crippen molar-refractivity contribution in [3.8, 4) is 17.1 Å². The normalized spacial score (nSPS) is 14.9. The highest BCUT2D eigenvalue weighted by Gasteiger charge is 2.27. The van der Waals surface area contributed by atoms with E-state index < -0.39 is 5.60 Å². The number of hydrogen-bond donors (Lipinski definition) is 1. The molecule has 0 unspecified atom stereocenters. The first kappa shape index (κ1) is 25.2. The third-order valence-corrected chi connectivity index (χ3v) is 7.38. The highest BCUT2D eigenvalue weighted by atomic mass is 32.1. The zero-order valence-corrected chi connectivity index (χ0v) is 22.5. The molecule has 1 amide bonds. The van der Waals surface area contributed by atoms with Crippen molar-refractivity contribution in [1.82, 2.24) is 34.5 Å². The Kier molecular flexibility index (Phi) is 6.69. The van der Waals surface area contributed by atoms with E-state index in [-0.39, 0.29) is 5.91 Å². The monoisotopic (exact) mass is 521 g/mol. The predicted octanol–water partition coefficient (Wildman–Crippen LogP) is 2.99. The van der Waals surface area contributed by atoms with Crippen LogP contribution in [0, 0.1) is 6.92 Å². The van der Waals surface area contributed by atoms with Crippen molar-refractivity contribution >= 4 is 28.1 Å². The fourth-order valence-corrected chi connectivity index (χ4v) is 5.19. The van der Waals surface area contributed by atoms with Crippen LogP contribution in [-0.2, 0) is 19.2 Å². The van der Waals surface area contributed by atoms with E-state index in [2.05, 4.69) is 30.3 Å². The summed E-state index contributed by atoms with van der Waals surface area (Å²) in [7, 11) is 3.41. The summed E-state index contributed by atoms with van der Waals surface area (Å²) in [5.74, 6) is 0.740. The minimum absolute atomic E-state index is 0.0717. The summed E-state index contributed by atoms with van der Waals surface area (Å²) in [4.78, 5) is 31.2. The van der Waals surface area contributed by atoms with Gasteiger partial charge in [0.1, 0.15) is 17.0 Å². The number of methoxy groups -OCH3 is 1. The van der Waals surface area contributed by atoms with Crippen molar-refractivity contribution in [3.63, 3.8) is 0 Å². The van der Waals surface area contributed by atoms with Gasteiger partial charge in [0.25, 0.3) is 5.91 Å². The number of thiazole rings is 1. The van der Waals surface area contributed by atoms with Crippen LogP contribution < -0.4 is 4.74 Å². The standard InChI is InChI=1S/C26H31N7O3S/c1-16-28-17(15-37-16)14-32-8-10-33(11-9-32)24(34)19-12-18-21(13-22(19)36-5)31(4)30-23(18)20-6-7-27-25(29-20)26(2,3)35/h6-7,12-13,15,35H,8-11,14H2,1-5H3. The molecule has 1 aromatic carbocycles. The van der Waals surface area contributed by atoms with Gasteiger partial charge in [-0.2, -0.15) is 5.10 Å². The molecule has 3 aromatic heterocycles. The number of hydrogen-bond acceptors (Lipinski definition) is 9. The Hall–Kier alpha value is -3.41. The Morgan fingerprint density at radius 3 is 2.59 bits per heavy atom. The molecule has 1 aliphatic rings. The van der Waals surface area contributed by atoms with E-state index in [4.69, 9.17) is 4.74 Å². The number of aliphatic hydroxyl groups is 1. The number of ether oxygens (including phenoxy) is 1. The van der Waals surface area contributed by atoms with Gasteiger partial charge in [-0.05, 0) is 32.9 Å². The Labute approximate surface area is 219 Å². The summed E-state index contributed by atoms with van der Waals surface area (Å²) >= 11 is 1.66. The van der Waals surface area contributed by atoms with Crippen LogP contribution >= 0.6 is 11.3 Å². The molecule has 1 N–H and O–H groups in total. The van der Waals surface area contributed by atoms with E-state index in [0.717, 1.165) is 41.2 Å². The lowest BCUT2D eigenvalue weighted by molar-refractivity contribution is 0.0624. The molecule has 37 heavy (non-hydrogen) atoms. The molecule has 11 heteroatoms. The van der Waals surface area contributed by atoms with Gasteiger partial charge in [-0.15, -0.1) is 11.3 Å². The van der Waals surface area contributed by atoms with Gasteiger partial charge in [-0.1, -0.05) is 0 Å². The van der Waals surface area contributed by atoms with Gasteiger partial charge in [0.2, 0.25) is 0 Å². The van der Waals surface area contributed by atoms with Crippen LogP contribution in [-0.4, -0.2) is 78.8 Å². The molecule has 10 nitrogen and oxygen atoms in total. The number of rotatable bonds is 6. The maximum atomic E-state index is 13.7. The molecule has 1 aliphatic heterocycles. The SMILES string of the molecule is COc1cc2c(cc1C(=O)N1CCN(Cc3csc(C)n3)CC1)c(-c1ccnc(C(C)(C)O)n1)nn2C. The van der Waals surface area contributed by atoms with Crippen LogP contribution in [0.4, 0.5) is 0 Å². The number of carbonyl (C=O) groups is 1. The lowest BCUT2D eigenvalue weighted by atomic mass is 10.1. The van der Waals surface area contributed by atoms with Gasteiger partial charge in [0.05, 0.1) is 34.6 Å². The van der Waals surface area contributed by atoms with Gasteiger partial charge < -0.3 is 14.7 Å². The largest absolute Gasteiger partial charge is 0.496 e. The number of amides is 1. The first-order chi connectivity index (χ1) is 17.6. The van der Waals surface area contributed by atoms with Gasteiger partial charge in [-0.25, -0.2) is 15.0 Å². The average Bonchev–Trinajstić information content (AvgIpc) is 3.44. The topological polar surface area (TPSA) is 110 Å². The summed E-state index contributed by atoms with van der Waals surface area (Å²) in [6, 6.07) is 5.44.